The largest absolute Gasteiger partial charge is 0.465 e. The fraction of sp³-hybridized carbons (Fsp3) is 0.500. The van der Waals surface area contributed by atoms with Crippen molar-refractivity contribution in [2.45, 2.75) is 12.7 Å². The Kier molecular flexibility index (Phi) is 8.37. The molecule has 2 N–H and O–H groups in total. The van der Waals surface area contributed by atoms with Crippen LogP contribution in [0.2, 0.25) is 0 Å². The fourth-order valence-electron chi connectivity index (χ4n) is 1.60. The van der Waals surface area contributed by atoms with Crippen molar-refractivity contribution < 1.29 is 24.1 Å². The quantitative estimate of drug-likeness (QED) is 0.636. The Bertz CT molecular complexity index is 371. The lowest BCUT2D eigenvalue weighted by Gasteiger charge is -2.17. The van der Waals surface area contributed by atoms with Gasteiger partial charge in [0.1, 0.15) is 6.10 Å². The zero-order chi connectivity index (χ0) is 14.6. The monoisotopic (exact) mass is 283 g/mol. The van der Waals surface area contributed by atoms with E-state index in [9.17, 15) is 4.79 Å². The molecular weight excluding hydrogens is 262 g/mol. The summed E-state index contributed by atoms with van der Waals surface area (Å²) in [5, 5.41) is 10.7. The van der Waals surface area contributed by atoms with Crippen LogP contribution in [0.5, 0.6) is 0 Å². The number of methoxy groups -OCH3 is 1. The number of rotatable bonds is 10. The van der Waals surface area contributed by atoms with E-state index in [0.717, 1.165) is 5.56 Å². The van der Waals surface area contributed by atoms with Gasteiger partial charge in [0, 0.05) is 13.7 Å². The summed E-state index contributed by atoms with van der Waals surface area (Å²) in [6.45, 7) is 1.85. The average Bonchev–Trinajstić information content (AvgIpc) is 2.44. The molecule has 0 radical (unpaired) electrons. The van der Waals surface area contributed by atoms with E-state index < -0.39 is 6.09 Å². The van der Waals surface area contributed by atoms with Crippen LogP contribution in [0.15, 0.2) is 30.3 Å². The summed E-state index contributed by atoms with van der Waals surface area (Å²) in [5.74, 6) is 0. The number of carboxylic acid groups (broad SMARTS) is 1. The minimum Gasteiger partial charge on any atom is -0.465 e. The lowest BCUT2D eigenvalue weighted by atomic mass is 10.2. The van der Waals surface area contributed by atoms with Gasteiger partial charge in [0.05, 0.1) is 26.4 Å². The van der Waals surface area contributed by atoms with Gasteiger partial charge in [-0.2, -0.15) is 0 Å². The first kappa shape index (κ1) is 16.4. The van der Waals surface area contributed by atoms with E-state index in [-0.39, 0.29) is 19.3 Å². The first-order valence-electron chi connectivity index (χ1n) is 6.41. The summed E-state index contributed by atoms with van der Waals surface area (Å²) >= 11 is 0. The Morgan fingerprint density at radius 2 is 2.05 bits per heavy atom. The van der Waals surface area contributed by atoms with Gasteiger partial charge in [-0.25, -0.2) is 4.79 Å². The molecule has 0 fully saturated rings. The van der Waals surface area contributed by atoms with Gasteiger partial charge in [-0.05, 0) is 5.56 Å². The Balaban J connectivity index is 2.19. The summed E-state index contributed by atoms with van der Waals surface area (Å²) < 4.78 is 16.1. The van der Waals surface area contributed by atoms with E-state index in [1.54, 1.807) is 7.11 Å². The third-order valence-corrected chi connectivity index (χ3v) is 2.50. The smallest absolute Gasteiger partial charge is 0.404 e. The molecule has 6 nitrogen and oxygen atoms in total. The number of hydrogen-bond acceptors (Lipinski definition) is 4. The average molecular weight is 283 g/mol. The van der Waals surface area contributed by atoms with Crippen LogP contribution in [0, 0.1) is 0 Å². The number of amides is 1. The molecule has 0 spiro atoms. The number of hydrogen-bond donors (Lipinski definition) is 2. The van der Waals surface area contributed by atoms with E-state index in [0.29, 0.717) is 19.8 Å². The van der Waals surface area contributed by atoms with Gasteiger partial charge in [0.15, 0.2) is 0 Å². The summed E-state index contributed by atoms with van der Waals surface area (Å²) in [6.07, 6.45) is -1.27. The predicted molar refractivity (Wildman–Crippen MR) is 73.7 cm³/mol. The van der Waals surface area contributed by atoms with Gasteiger partial charge in [-0.15, -0.1) is 0 Å². The molecule has 20 heavy (non-hydrogen) atoms. The molecule has 0 bridgehead atoms. The van der Waals surface area contributed by atoms with E-state index in [4.69, 9.17) is 19.3 Å². The number of benzene rings is 1. The maximum absolute atomic E-state index is 10.3. The van der Waals surface area contributed by atoms with Crippen LogP contribution in [-0.4, -0.2) is 50.8 Å². The van der Waals surface area contributed by atoms with Gasteiger partial charge >= 0.3 is 6.09 Å². The van der Waals surface area contributed by atoms with Crippen LogP contribution >= 0.6 is 0 Å². The Morgan fingerprint density at radius 3 is 2.70 bits per heavy atom. The number of nitrogens with one attached hydrogen (secondary N) is 1. The molecular formula is C14H21NO5. The molecule has 1 unspecified atom stereocenters. The van der Waals surface area contributed by atoms with Crippen molar-refractivity contribution in [2.24, 2.45) is 0 Å². The molecule has 1 rings (SSSR count). The van der Waals surface area contributed by atoms with E-state index in [1.807, 2.05) is 30.3 Å². The van der Waals surface area contributed by atoms with Gasteiger partial charge in [0.2, 0.25) is 0 Å². The summed E-state index contributed by atoms with van der Waals surface area (Å²) in [4.78, 5) is 10.3. The fourth-order valence-corrected chi connectivity index (χ4v) is 1.60. The second-order valence-electron chi connectivity index (χ2n) is 4.18. The second kappa shape index (κ2) is 10.2. The maximum Gasteiger partial charge on any atom is 0.404 e. The molecule has 1 atom stereocenters. The molecule has 1 aromatic rings. The molecule has 0 saturated heterocycles. The molecule has 112 valence electrons. The summed E-state index contributed by atoms with van der Waals surface area (Å²) in [5.41, 5.74) is 1.09. The highest BCUT2D eigenvalue weighted by atomic mass is 16.6. The van der Waals surface area contributed by atoms with Crippen LogP contribution in [0.1, 0.15) is 5.56 Å². The molecule has 0 aliphatic heterocycles. The van der Waals surface area contributed by atoms with Crippen molar-refractivity contribution in [3.8, 4) is 0 Å². The number of carbonyl (C=O) groups is 1. The van der Waals surface area contributed by atoms with Crippen LogP contribution in [0.4, 0.5) is 4.79 Å². The first-order valence-corrected chi connectivity index (χ1v) is 6.41. The van der Waals surface area contributed by atoms with Crippen molar-refractivity contribution >= 4 is 6.09 Å². The minimum atomic E-state index is -1.06. The zero-order valence-corrected chi connectivity index (χ0v) is 11.6. The minimum absolute atomic E-state index is 0.209. The van der Waals surface area contributed by atoms with Crippen LogP contribution < -0.4 is 5.32 Å². The first-order chi connectivity index (χ1) is 9.72. The molecule has 1 amide bonds. The third kappa shape index (κ3) is 7.73. The normalized spacial score (nSPS) is 12.1. The van der Waals surface area contributed by atoms with Gasteiger partial charge in [-0.3, -0.25) is 0 Å². The Hall–Kier alpha value is -1.63. The van der Waals surface area contributed by atoms with E-state index in [2.05, 4.69) is 5.32 Å². The maximum atomic E-state index is 10.3. The van der Waals surface area contributed by atoms with Crippen molar-refractivity contribution in [2.75, 3.05) is 33.5 Å². The molecule has 6 heteroatoms. The second-order valence-corrected chi connectivity index (χ2v) is 4.18. The van der Waals surface area contributed by atoms with Crippen LogP contribution in [0.3, 0.4) is 0 Å². The summed E-state index contributed by atoms with van der Waals surface area (Å²) in [6, 6.07) is 9.85. The molecule has 0 aromatic heterocycles. The van der Waals surface area contributed by atoms with Crippen molar-refractivity contribution in [1.82, 2.24) is 5.32 Å². The van der Waals surface area contributed by atoms with Gasteiger partial charge in [-0.1, -0.05) is 30.3 Å². The van der Waals surface area contributed by atoms with E-state index >= 15 is 0 Å². The zero-order valence-electron chi connectivity index (χ0n) is 11.6. The lowest BCUT2D eigenvalue weighted by Crippen LogP contribution is -2.31. The summed E-state index contributed by atoms with van der Waals surface area (Å²) in [7, 11) is 1.59. The van der Waals surface area contributed by atoms with Crippen LogP contribution in [-0.2, 0) is 20.8 Å². The Morgan fingerprint density at radius 1 is 1.30 bits per heavy atom. The van der Waals surface area contributed by atoms with Crippen molar-refractivity contribution in [1.29, 1.82) is 0 Å². The topological polar surface area (TPSA) is 77.0 Å². The molecule has 0 aliphatic rings. The third-order valence-electron chi connectivity index (χ3n) is 2.50. The number of ether oxygens (including phenoxy) is 3. The molecule has 0 aliphatic carbocycles. The van der Waals surface area contributed by atoms with Crippen molar-refractivity contribution in [3.05, 3.63) is 35.9 Å². The Labute approximate surface area is 118 Å². The van der Waals surface area contributed by atoms with Crippen molar-refractivity contribution in [3.63, 3.8) is 0 Å². The van der Waals surface area contributed by atoms with Gasteiger partial charge in [0.25, 0.3) is 0 Å². The predicted octanol–water partition coefficient (Wildman–Crippen LogP) is 1.50. The highest BCUT2D eigenvalue weighted by Gasteiger charge is 2.09. The highest BCUT2D eigenvalue weighted by Crippen LogP contribution is 2.02. The molecule has 0 saturated carbocycles. The standard InChI is InChI=1S/C14H21NO5/c1-18-10-13(20-8-7-15-14(16)17)11-19-9-12-5-3-2-4-6-12/h2-6,13,15H,7-11H2,1H3,(H,16,17). The molecule has 0 heterocycles. The highest BCUT2D eigenvalue weighted by molar-refractivity contribution is 5.64. The SMILES string of the molecule is COCC(COCc1ccccc1)OCCNC(=O)O. The molecule has 1 aromatic carbocycles. The van der Waals surface area contributed by atoms with Gasteiger partial charge < -0.3 is 24.6 Å². The lowest BCUT2D eigenvalue weighted by molar-refractivity contribution is -0.0534. The van der Waals surface area contributed by atoms with E-state index in [1.165, 1.54) is 0 Å². The van der Waals surface area contributed by atoms with Crippen LogP contribution in [0.25, 0.3) is 0 Å².